The van der Waals surface area contributed by atoms with E-state index in [0.29, 0.717) is 0 Å². The van der Waals surface area contributed by atoms with Gasteiger partial charge < -0.3 is 0 Å². The van der Waals surface area contributed by atoms with Crippen molar-refractivity contribution in [3.63, 3.8) is 0 Å². The molecule has 0 aromatic heterocycles. The second kappa shape index (κ2) is 217. The van der Waals surface area contributed by atoms with E-state index < -0.39 is 0 Å². The van der Waals surface area contributed by atoms with E-state index in [2.05, 4.69) is 9.24 Å². The molecule has 0 rings (SSSR count). The smallest absolute Gasteiger partial charge is 0 e. The molecule has 0 saturated heterocycles. The Labute approximate surface area is 571 Å². The number of rotatable bonds is 0. The standard InChI is InChI=1S/CH5P.7CH4.16Y/c1-2;;;;;;;;;;;;;;;;;;;;;;;/h2H2,1H3;7*1H4;;;;;;;;;;;;;;;;. The van der Waals surface area contributed by atoms with Gasteiger partial charge in [0.1, 0.15) is 0 Å². The zero-order valence-electron chi connectivity index (χ0n) is 10.8. The molecule has 0 aromatic carbocycles. The van der Waals surface area contributed by atoms with E-state index in [1.54, 1.807) is 0 Å². The molecule has 16 radical (unpaired) electrons. The Morgan fingerprint density at radius 3 is 0.200 bits per heavy atom. The van der Waals surface area contributed by atoms with Crippen molar-refractivity contribution in [2.45, 2.75) is 52.0 Å². The van der Waals surface area contributed by atoms with Gasteiger partial charge in [-0.15, -0.1) is 9.24 Å². The Morgan fingerprint density at radius 1 is 0.200 bits per heavy atom. The molecule has 118 valence electrons. The molecule has 0 fully saturated rings. The van der Waals surface area contributed by atoms with Crippen molar-refractivity contribution in [1.29, 1.82) is 0 Å². The molecule has 0 heterocycles. The molecule has 17 heteroatoms. The molecule has 0 bridgehead atoms. The molecular formula is C8H33PY16. The minimum absolute atomic E-state index is 0. The van der Waals surface area contributed by atoms with Crippen LogP contribution >= 0.6 is 9.24 Å². The Balaban J connectivity index is -0.0000000000198. The van der Waals surface area contributed by atoms with Crippen LogP contribution < -0.4 is 0 Å². The van der Waals surface area contributed by atoms with E-state index in [4.69, 9.17) is 0 Å². The molecule has 0 aliphatic carbocycles. The van der Waals surface area contributed by atoms with Crippen molar-refractivity contribution >= 4 is 9.24 Å². The zero-order valence-corrected chi connectivity index (χ0v) is 57.4. The maximum absolute atomic E-state index is 2.42. The molecule has 0 aromatic rings. The van der Waals surface area contributed by atoms with Crippen LogP contribution in [0.1, 0.15) is 52.0 Å². The summed E-state index contributed by atoms with van der Waals surface area (Å²) in [4.78, 5) is 0. The first kappa shape index (κ1) is 209. The van der Waals surface area contributed by atoms with Gasteiger partial charge in [-0.05, 0) is 0 Å². The molecule has 0 aliphatic rings. The summed E-state index contributed by atoms with van der Waals surface area (Å²) < 4.78 is 0. The third-order valence-corrected chi connectivity index (χ3v) is 0. The molecule has 0 aliphatic heterocycles. The summed E-state index contributed by atoms with van der Waals surface area (Å²) >= 11 is 0. The minimum Gasteiger partial charge on any atom is -0.141 e. The van der Waals surface area contributed by atoms with Crippen LogP contribution in [0, 0.1) is 0 Å². The summed E-state index contributed by atoms with van der Waals surface area (Å²) in [6.45, 7) is 1.92. The van der Waals surface area contributed by atoms with Crippen LogP contribution in [0.25, 0.3) is 0 Å². The normalized spacial score (nSPS) is 0.240. The molecule has 1 unspecified atom stereocenters. The van der Waals surface area contributed by atoms with Crippen molar-refractivity contribution in [2.24, 2.45) is 0 Å². The summed E-state index contributed by atoms with van der Waals surface area (Å²) in [6, 6.07) is 0. The van der Waals surface area contributed by atoms with E-state index in [1.807, 2.05) is 6.66 Å². The van der Waals surface area contributed by atoms with E-state index in [0.717, 1.165) is 0 Å². The fraction of sp³-hybridized carbons (Fsp3) is 1.00. The van der Waals surface area contributed by atoms with E-state index in [1.165, 1.54) is 0 Å². The summed E-state index contributed by atoms with van der Waals surface area (Å²) in [5.74, 6) is 0. The van der Waals surface area contributed by atoms with Crippen molar-refractivity contribution in [1.82, 2.24) is 0 Å². The van der Waals surface area contributed by atoms with Crippen LogP contribution in [0.3, 0.4) is 0 Å². The topological polar surface area (TPSA) is 0 Å². The fourth-order valence-corrected chi connectivity index (χ4v) is 0. The van der Waals surface area contributed by atoms with Gasteiger partial charge in [-0.25, -0.2) is 0 Å². The molecule has 0 saturated carbocycles. The van der Waals surface area contributed by atoms with Crippen LogP contribution in [0.2, 0.25) is 0 Å². The van der Waals surface area contributed by atoms with Gasteiger partial charge >= 0.3 is 0 Å². The quantitative estimate of drug-likeness (QED) is 0.304. The predicted octanol–water partition coefficient (Wildman–Crippen LogP) is 4.90. The first-order valence-corrected chi connectivity index (χ1v) is 1.73. The van der Waals surface area contributed by atoms with Crippen molar-refractivity contribution < 1.29 is 523 Å². The van der Waals surface area contributed by atoms with Crippen molar-refractivity contribution in [3.8, 4) is 0 Å². The third-order valence-electron chi connectivity index (χ3n) is 0. The Morgan fingerprint density at radius 2 is 0.200 bits per heavy atom. The first-order valence-electron chi connectivity index (χ1n) is 0.577. The van der Waals surface area contributed by atoms with Crippen LogP contribution in [0.5, 0.6) is 0 Å². The fourth-order valence-electron chi connectivity index (χ4n) is 0. The van der Waals surface area contributed by atoms with E-state index in [-0.39, 0.29) is 575 Å². The largest absolute Gasteiger partial charge is 0.141 e. The number of hydrogen-bond donors (Lipinski definition) is 0. The number of hydrogen-bond acceptors (Lipinski definition) is 0. The molecule has 0 N–H and O–H groups in total. The van der Waals surface area contributed by atoms with Crippen LogP contribution in [-0.2, 0) is 523 Å². The maximum Gasteiger partial charge on any atom is 0 e. The minimum atomic E-state index is 0. The summed E-state index contributed by atoms with van der Waals surface area (Å²) in [6.07, 6.45) is 0. The van der Waals surface area contributed by atoms with Crippen LogP contribution in [0.4, 0.5) is 0 Å². The summed E-state index contributed by atoms with van der Waals surface area (Å²) in [5, 5.41) is 0. The van der Waals surface area contributed by atoms with E-state index >= 15 is 0 Å². The molecule has 0 amide bonds. The van der Waals surface area contributed by atoms with Crippen LogP contribution in [0.15, 0.2) is 0 Å². The third kappa shape index (κ3) is 207. The average molecular weight is 1580 g/mol. The van der Waals surface area contributed by atoms with E-state index in [9.17, 15) is 0 Å². The second-order valence-corrected chi connectivity index (χ2v) is 0. The van der Waals surface area contributed by atoms with Gasteiger partial charge in [-0.2, -0.15) is 0 Å². The van der Waals surface area contributed by atoms with Crippen LogP contribution in [-0.4, -0.2) is 6.66 Å². The molecular weight excluding hydrogens is 1550 g/mol. The van der Waals surface area contributed by atoms with Crippen molar-refractivity contribution in [2.75, 3.05) is 6.66 Å². The van der Waals surface area contributed by atoms with Crippen molar-refractivity contribution in [3.05, 3.63) is 0 Å². The van der Waals surface area contributed by atoms with Gasteiger partial charge in [-0.1, -0.05) is 58.7 Å². The molecule has 1 atom stereocenters. The van der Waals surface area contributed by atoms with Gasteiger partial charge in [0.05, 0.1) is 0 Å². The van der Waals surface area contributed by atoms with Gasteiger partial charge in [0.25, 0.3) is 0 Å². The monoisotopic (exact) mass is 1580 g/mol. The van der Waals surface area contributed by atoms with Gasteiger partial charge in [0.15, 0.2) is 0 Å². The maximum atomic E-state index is 2.42. The Bertz CT molecular complexity index is 28.1. The average Bonchev–Trinajstić information content (AvgIpc) is 1.00. The van der Waals surface area contributed by atoms with Gasteiger partial charge in [0.2, 0.25) is 0 Å². The Hall–Kier alpha value is 18.1. The SMILES string of the molecule is C.C.C.C.C.C.C.CP.[Y].[Y].[Y].[Y].[Y].[Y].[Y].[Y].[Y].[Y].[Y].[Y].[Y].[Y].[Y].[Y]. The predicted molar refractivity (Wildman–Crippen MR) is 62.8 cm³/mol. The second-order valence-electron chi connectivity index (χ2n) is 0. The first-order chi connectivity index (χ1) is 1.00. The van der Waals surface area contributed by atoms with Gasteiger partial charge in [-0.3, -0.25) is 0 Å². The summed E-state index contributed by atoms with van der Waals surface area (Å²) in [7, 11) is 2.42. The Kier molecular flexibility index (Phi) is 1820. The molecule has 25 heavy (non-hydrogen) atoms. The molecule has 0 nitrogen and oxygen atoms in total. The summed E-state index contributed by atoms with van der Waals surface area (Å²) in [5.41, 5.74) is 0. The molecule has 0 spiro atoms. The zero-order chi connectivity index (χ0) is 2.00. The van der Waals surface area contributed by atoms with Gasteiger partial charge in [0, 0.05) is 523 Å².